The van der Waals surface area contributed by atoms with Crippen LogP contribution in [-0.4, -0.2) is 23.2 Å². The number of methoxy groups -OCH3 is 1. The molecule has 0 saturated heterocycles. The molecule has 0 N–H and O–H groups in total. The Labute approximate surface area is 150 Å². The number of rotatable bonds is 9. The van der Waals surface area contributed by atoms with Gasteiger partial charge in [0.05, 0.1) is 12.7 Å². The minimum Gasteiger partial charge on any atom is -0.474 e. The zero-order chi connectivity index (χ0) is 18.2. The molecule has 5 heteroatoms. The molecular formula is C20H28N2O3. The highest BCUT2D eigenvalue weighted by molar-refractivity contribution is 5.29. The second-order valence-corrected chi connectivity index (χ2v) is 6.70. The van der Waals surface area contributed by atoms with Gasteiger partial charge in [0.25, 0.3) is 0 Å². The maximum absolute atomic E-state index is 5.99. The van der Waals surface area contributed by atoms with Crippen LogP contribution in [0.25, 0.3) is 0 Å². The number of ether oxygens (including phenoxy) is 3. The summed E-state index contributed by atoms with van der Waals surface area (Å²) in [4.78, 5) is 9.34. The normalized spacial score (nSPS) is 11.2. The minimum absolute atomic E-state index is 0.0212. The second-order valence-electron chi connectivity index (χ2n) is 6.70. The zero-order valence-electron chi connectivity index (χ0n) is 15.8. The van der Waals surface area contributed by atoms with Gasteiger partial charge in [-0.1, -0.05) is 44.2 Å². The number of hydrogen-bond acceptors (Lipinski definition) is 5. The van der Waals surface area contributed by atoms with Gasteiger partial charge in [-0.2, -0.15) is 0 Å². The summed E-state index contributed by atoms with van der Waals surface area (Å²) in [5, 5.41) is 0. The zero-order valence-corrected chi connectivity index (χ0v) is 15.8. The fourth-order valence-corrected chi connectivity index (χ4v) is 2.38. The number of nitrogens with zero attached hydrogens (tertiary/aromatic N) is 2. The predicted molar refractivity (Wildman–Crippen MR) is 97.8 cm³/mol. The van der Waals surface area contributed by atoms with Crippen LogP contribution in [0.3, 0.4) is 0 Å². The molecule has 2 rings (SSSR count). The lowest BCUT2D eigenvalue weighted by Crippen LogP contribution is -2.14. The van der Waals surface area contributed by atoms with E-state index in [1.54, 1.807) is 7.11 Å². The molecule has 0 radical (unpaired) electrons. The average Bonchev–Trinajstić information content (AvgIpc) is 2.56. The van der Waals surface area contributed by atoms with Gasteiger partial charge in [-0.3, -0.25) is 0 Å². The van der Waals surface area contributed by atoms with Gasteiger partial charge in [-0.05, 0) is 31.7 Å². The van der Waals surface area contributed by atoms with Crippen molar-refractivity contribution in [3.05, 3.63) is 47.3 Å². The van der Waals surface area contributed by atoms with Crippen LogP contribution in [0.1, 0.15) is 44.6 Å². The molecule has 0 atom stereocenters. The summed E-state index contributed by atoms with van der Waals surface area (Å²) < 4.78 is 17.1. The molecular weight excluding hydrogens is 316 g/mol. The van der Waals surface area contributed by atoms with Gasteiger partial charge >= 0.3 is 0 Å². The lowest BCUT2D eigenvalue weighted by atomic mass is 10.1. The quantitative estimate of drug-likeness (QED) is 0.683. The molecule has 0 amide bonds. The molecule has 0 aliphatic carbocycles. The largest absolute Gasteiger partial charge is 0.474 e. The Kier molecular flexibility index (Phi) is 7.19. The van der Waals surface area contributed by atoms with Crippen molar-refractivity contribution in [3.8, 4) is 11.8 Å². The van der Waals surface area contributed by atoms with Gasteiger partial charge < -0.3 is 14.2 Å². The third-order valence-electron chi connectivity index (χ3n) is 3.42. The fourth-order valence-electron chi connectivity index (χ4n) is 2.38. The van der Waals surface area contributed by atoms with Crippen LogP contribution >= 0.6 is 0 Å². The highest BCUT2D eigenvalue weighted by Crippen LogP contribution is 2.26. The topological polar surface area (TPSA) is 53.5 Å². The van der Waals surface area contributed by atoms with E-state index in [2.05, 4.69) is 18.8 Å². The first-order chi connectivity index (χ1) is 12.0. The van der Waals surface area contributed by atoms with Crippen LogP contribution in [0.5, 0.6) is 11.8 Å². The minimum atomic E-state index is 0.0212. The van der Waals surface area contributed by atoms with Crippen LogP contribution in [-0.2, 0) is 24.4 Å². The second kappa shape index (κ2) is 9.37. The molecule has 0 fully saturated rings. The molecule has 0 saturated carbocycles. The third kappa shape index (κ3) is 6.02. The molecule has 0 bridgehead atoms. The monoisotopic (exact) mass is 344 g/mol. The van der Waals surface area contributed by atoms with E-state index in [0.717, 1.165) is 17.7 Å². The van der Waals surface area contributed by atoms with Crippen LogP contribution < -0.4 is 9.47 Å². The van der Waals surface area contributed by atoms with Crippen molar-refractivity contribution in [2.24, 2.45) is 5.92 Å². The van der Waals surface area contributed by atoms with Crippen molar-refractivity contribution in [1.82, 2.24) is 9.97 Å². The maximum Gasteiger partial charge on any atom is 0.238 e. The third-order valence-corrected chi connectivity index (χ3v) is 3.42. The van der Waals surface area contributed by atoms with E-state index in [9.17, 15) is 0 Å². The van der Waals surface area contributed by atoms with Crippen LogP contribution in [0.15, 0.2) is 30.3 Å². The first-order valence-corrected chi connectivity index (χ1v) is 8.71. The summed E-state index contributed by atoms with van der Waals surface area (Å²) >= 11 is 0. The van der Waals surface area contributed by atoms with Crippen LogP contribution in [0.4, 0.5) is 0 Å². The molecule has 0 aliphatic rings. The summed E-state index contributed by atoms with van der Waals surface area (Å²) in [5.74, 6) is 1.52. The Bertz CT molecular complexity index is 657. The Morgan fingerprint density at radius 3 is 2.16 bits per heavy atom. The van der Waals surface area contributed by atoms with Crippen molar-refractivity contribution < 1.29 is 14.2 Å². The van der Waals surface area contributed by atoms with Crippen molar-refractivity contribution in [2.45, 2.75) is 53.4 Å². The average molecular weight is 344 g/mol. The SMILES string of the molecule is COCc1nc(OCc2ccccc2)c(CC(C)C)nc1OC(C)C. The van der Waals surface area contributed by atoms with Crippen molar-refractivity contribution in [1.29, 1.82) is 0 Å². The van der Waals surface area contributed by atoms with Gasteiger partial charge in [-0.15, -0.1) is 0 Å². The molecule has 0 spiro atoms. The van der Waals surface area contributed by atoms with Gasteiger partial charge in [0.1, 0.15) is 18.0 Å². The van der Waals surface area contributed by atoms with Gasteiger partial charge in [0, 0.05) is 7.11 Å². The summed E-state index contributed by atoms with van der Waals surface area (Å²) in [6, 6.07) is 10.0. The first kappa shape index (κ1) is 19.2. The van der Waals surface area contributed by atoms with E-state index in [4.69, 9.17) is 19.2 Å². The Balaban J connectivity index is 2.31. The summed E-state index contributed by atoms with van der Waals surface area (Å²) in [6.07, 6.45) is 0.798. The molecule has 1 aromatic carbocycles. The Morgan fingerprint density at radius 1 is 0.880 bits per heavy atom. The van der Waals surface area contributed by atoms with E-state index in [-0.39, 0.29) is 6.10 Å². The van der Waals surface area contributed by atoms with E-state index in [1.165, 1.54) is 0 Å². The molecule has 25 heavy (non-hydrogen) atoms. The van der Waals surface area contributed by atoms with Crippen LogP contribution in [0.2, 0.25) is 0 Å². The summed E-state index contributed by atoms with van der Waals surface area (Å²) in [6.45, 7) is 9.03. The molecule has 0 aliphatic heterocycles. The molecule has 136 valence electrons. The molecule has 2 aromatic rings. The molecule has 5 nitrogen and oxygen atoms in total. The number of hydrogen-bond donors (Lipinski definition) is 0. The molecule has 0 unspecified atom stereocenters. The Morgan fingerprint density at radius 2 is 1.56 bits per heavy atom. The predicted octanol–water partition coefficient (Wildman–Crippen LogP) is 4.19. The van der Waals surface area contributed by atoms with Crippen molar-refractivity contribution in [2.75, 3.05) is 7.11 Å². The lowest BCUT2D eigenvalue weighted by molar-refractivity contribution is 0.165. The summed E-state index contributed by atoms with van der Waals surface area (Å²) in [7, 11) is 1.63. The smallest absolute Gasteiger partial charge is 0.238 e. The molecule has 1 heterocycles. The first-order valence-electron chi connectivity index (χ1n) is 8.71. The standard InChI is InChI=1S/C20H28N2O3/c1-14(2)11-17-19(24-12-16-9-7-6-8-10-16)22-18(13-23-5)20(21-17)25-15(3)4/h6-10,14-15H,11-13H2,1-5H3. The number of aromatic nitrogens is 2. The fraction of sp³-hybridized carbons (Fsp3) is 0.500. The highest BCUT2D eigenvalue weighted by Gasteiger charge is 2.18. The van der Waals surface area contributed by atoms with Gasteiger partial charge in [0.2, 0.25) is 11.8 Å². The van der Waals surface area contributed by atoms with E-state index in [0.29, 0.717) is 36.6 Å². The van der Waals surface area contributed by atoms with E-state index < -0.39 is 0 Å². The highest BCUT2D eigenvalue weighted by atomic mass is 16.5. The lowest BCUT2D eigenvalue weighted by Gasteiger charge is -2.17. The van der Waals surface area contributed by atoms with E-state index >= 15 is 0 Å². The van der Waals surface area contributed by atoms with Crippen molar-refractivity contribution >= 4 is 0 Å². The van der Waals surface area contributed by atoms with Gasteiger partial charge in [0.15, 0.2) is 0 Å². The number of benzene rings is 1. The van der Waals surface area contributed by atoms with Gasteiger partial charge in [-0.25, -0.2) is 9.97 Å². The molecule has 1 aromatic heterocycles. The van der Waals surface area contributed by atoms with E-state index in [1.807, 2.05) is 44.2 Å². The van der Waals surface area contributed by atoms with Crippen molar-refractivity contribution in [3.63, 3.8) is 0 Å². The van der Waals surface area contributed by atoms with Crippen LogP contribution in [0, 0.1) is 5.92 Å². The summed E-state index contributed by atoms with van der Waals surface area (Å²) in [5.41, 5.74) is 2.57. The maximum atomic E-state index is 5.99. The Hall–Kier alpha value is -2.14.